The molecule has 0 bridgehead atoms. The van der Waals surface area contributed by atoms with Crippen LogP contribution in [0.2, 0.25) is 0 Å². The Morgan fingerprint density at radius 3 is 2.52 bits per heavy atom. The number of anilines is 1. The third-order valence-corrected chi connectivity index (χ3v) is 4.71. The zero-order valence-corrected chi connectivity index (χ0v) is 15.3. The number of carbonyl (C=O) groups excluding carboxylic acids is 1. The lowest BCUT2D eigenvalue weighted by Crippen LogP contribution is -2.14. The minimum absolute atomic E-state index is 0.246. The smallest absolute Gasteiger partial charge is 0.257 e. The zero-order chi connectivity index (χ0) is 19.6. The van der Waals surface area contributed by atoms with Gasteiger partial charge in [-0.25, -0.2) is 15.0 Å². The quantitative estimate of drug-likeness (QED) is 0.492. The molecular weight excluding hydrogens is 364 g/mol. The number of fused-ring (bicyclic) bond motifs is 1. The van der Waals surface area contributed by atoms with Crippen LogP contribution in [0.4, 0.5) is 5.82 Å². The molecule has 0 spiro atoms. The summed E-state index contributed by atoms with van der Waals surface area (Å²) in [6, 6.07) is 19.6. The van der Waals surface area contributed by atoms with Crippen molar-refractivity contribution < 1.29 is 4.79 Å². The van der Waals surface area contributed by atoms with Crippen molar-refractivity contribution >= 4 is 22.9 Å². The van der Waals surface area contributed by atoms with E-state index in [-0.39, 0.29) is 5.91 Å². The van der Waals surface area contributed by atoms with E-state index in [1.165, 1.54) is 12.7 Å². The highest BCUT2D eigenvalue weighted by Crippen LogP contribution is 2.26. The van der Waals surface area contributed by atoms with E-state index in [1.54, 1.807) is 6.07 Å². The van der Waals surface area contributed by atoms with Gasteiger partial charge in [-0.15, -0.1) is 0 Å². The van der Waals surface area contributed by atoms with Crippen LogP contribution in [-0.2, 0) is 0 Å². The SMILES string of the molecule is O=C(Nc1ncnc2nc[nH]c12)c1ccccc1-c1ccc(-n2cccc2)cc1. The van der Waals surface area contributed by atoms with Crippen molar-refractivity contribution in [3.05, 3.63) is 91.3 Å². The van der Waals surface area contributed by atoms with Crippen molar-refractivity contribution in [3.8, 4) is 16.8 Å². The fraction of sp³-hybridized carbons (Fsp3) is 0. The first-order valence-electron chi connectivity index (χ1n) is 9.08. The van der Waals surface area contributed by atoms with Crippen LogP contribution in [0, 0.1) is 0 Å². The van der Waals surface area contributed by atoms with Crippen LogP contribution in [0.25, 0.3) is 28.0 Å². The monoisotopic (exact) mass is 380 g/mol. The van der Waals surface area contributed by atoms with E-state index in [0.29, 0.717) is 22.5 Å². The van der Waals surface area contributed by atoms with Gasteiger partial charge in [0.1, 0.15) is 11.8 Å². The van der Waals surface area contributed by atoms with Crippen LogP contribution in [0.1, 0.15) is 10.4 Å². The summed E-state index contributed by atoms with van der Waals surface area (Å²) in [6.45, 7) is 0. The number of rotatable bonds is 4. The predicted octanol–water partition coefficient (Wildman–Crippen LogP) is 4.06. The van der Waals surface area contributed by atoms with Crippen LogP contribution < -0.4 is 5.32 Å². The normalized spacial score (nSPS) is 10.9. The molecule has 140 valence electrons. The van der Waals surface area contributed by atoms with Crippen LogP contribution in [-0.4, -0.2) is 30.4 Å². The average Bonchev–Trinajstić information content (AvgIpc) is 3.46. The number of nitrogens with one attached hydrogen (secondary N) is 2. The molecule has 5 aromatic rings. The first-order chi connectivity index (χ1) is 14.3. The number of amides is 1. The fourth-order valence-corrected chi connectivity index (χ4v) is 3.29. The van der Waals surface area contributed by atoms with E-state index < -0.39 is 0 Å². The summed E-state index contributed by atoms with van der Waals surface area (Å²) in [4.78, 5) is 28.3. The number of benzene rings is 2. The molecule has 0 saturated carbocycles. The first-order valence-corrected chi connectivity index (χ1v) is 9.08. The molecule has 2 aromatic carbocycles. The molecule has 0 saturated heterocycles. The standard InChI is InChI=1S/C22H16N6O/c29-22(27-21-19-20(24-13-23-19)25-14-26-21)18-6-2-1-5-17(18)15-7-9-16(10-8-15)28-11-3-4-12-28/h1-14H,(H2,23,24,25,26,27,29). The topological polar surface area (TPSA) is 88.5 Å². The number of aromatic amines is 1. The second-order valence-corrected chi connectivity index (χ2v) is 6.46. The molecular formula is C22H16N6O. The molecule has 2 N–H and O–H groups in total. The molecule has 0 atom stereocenters. The predicted molar refractivity (Wildman–Crippen MR) is 111 cm³/mol. The van der Waals surface area contributed by atoms with Crippen molar-refractivity contribution in [3.63, 3.8) is 0 Å². The van der Waals surface area contributed by atoms with Gasteiger partial charge in [-0.1, -0.05) is 30.3 Å². The van der Waals surface area contributed by atoms with E-state index in [1.807, 2.05) is 71.6 Å². The summed E-state index contributed by atoms with van der Waals surface area (Å²) in [5, 5.41) is 2.87. The van der Waals surface area contributed by atoms with E-state index in [9.17, 15) is 4.79 Å². The minimum Gasteiger partial charge on any atom is -0.340 e. The average molecular weight is 380 g/mol. The molecule has 3 aromatic heterocycles. The highest BCUT2D eigenvalue weighted by Gasteiger charge is 2.15. The van der Waals surface area contributed by atoms with Gasteiger partial charge in [0, 0.05) is 23.6 Å². The molecule has 29 heavy (non-hydrogen) atoms. The number of carbonyl (C=O) groups is 1. The van der Waals surface area contributed by atoms with Gasteiger partial charge >= 0.3 is 0 Å². The minimum atomic E-state index is -0.246. The summed E-state index contributed by atoms with van der Waals surface area (Å²) in [5.74, 6) is 0.153. The number of hydrogen-bond donors (Lipinski definition) is 2. The van der Waals surface area contributed by atoms with E-state index in [2.05, 4.69) is 25.3 Å². The number of imidazole rings is 1. The van der Waals surface area contributed by atoms with Gasteiger partial charge in [-0.05, 0) is 41.5 Å². The molecule has 1 amide bonds. The Hall–Kier alpha value is -4.26. The Labute approximate surface area is 166 Å². The molecule has 0 aliphatic heterocycles. The summed E-state index contributed by atoms with van der Waals surface area (Å²) in [5.41, 5.74) is 4.52. The van der Waals surface area contributed by atoms with Crippen LogP contribution in [0.5, 0.6) is 0 Å². The largest absolute Gasteiger partial charge is 0.340 e. The molecule has 0 radical (unpaired) electrons. The number of aromatic nitrogens is 5. The summed E-state index contributed by atoms with van der Waals surface area (Å²) < 4.78 is 2.03. The summed E-state index contributed by atoms with van der Waals surface area (Å²) in [6.07, 6.45) is 6.89. The maximum absolute atomic E-state index is 13.0. The molecule has 5 rings (SSSR count). The molecule has 3 heterocycles. The highest BCUT2D eigenvalue weighted by molar-refractivity contribution is 6.10. The molecule has 0 aliphatic rings. The highest BCUT2D eigenvalue weighted by atomic mass is 16.1. The van der Waals surface area contributed by atoms with Crippen LogP contribution >= 0.6 is 0 Å². The van der Waals surface area contributed by atoms with Gasteiger partial charge in [0.05, 0.1) is 6.33 Å². The second-order valence-electron chi connectivity index (χ2n) is 6.46. The Morgan fingerprint density at radius 1 is 0.897 bits per heavy atom. The van der Waals surface area contributed by atoms with Gasteiger partial charge in [0.15, 0.2) is 11.5 Å². The maximum Gasteiger partial charge on any atom is 0.257 e. The third-order valence-electron chi connectivity index (χ3n) is 4.71. The van der Waals surface area contributed by atoms with Crippen molar-refractivity contribution in [2.45, 2.75) is 0 Å². The lowest BCUT2D eigenvalue weighted by atomic mass is 9.99. The van der Waals surface area contributed by atoms with Crippen molar-refractivity contribution in [2.75, 3.05) is 5.32 Å². The number of hydrogen-bond acceptors (Lipinski definition) is 4. The van der Waals surface area contributed by atoms with Crippen LogP contribution in [0.3, 0.4) is 0 Å². The molecule has 0 aliphatic carbocycles. The molecule has 0 unspecified atom stereocenters. The number of nitrogens with zero attached hydrogens (tertiary/aromatic N) is 4. The van der Waals surface area contributed by atoms with E-state index in [0.717, 1.165) is 16.8 Å². The van der Waals surface area contributed by atoms with Gasteiger partial charge in [0.2, 0.25) is 0 Å². The Balaban J connectivity index is 1.47. The summed E-state index contributed by atoms with van der Waals surface area (Å²) in [7, 11) is 0. The third kappa shape index (κ3) is 3.14. The van der Waals surface area contributed by atoms with Gasteiger partial charge in [-0.3, -0.25) is 4.79 Å². The van der Waals surface area contributed by atoms with Gasteiger partial charge < -0.3 is 14.9 Å². The maximum atomic E-state index is 13.0. The summed E-state index contributed by atoms with van der Waals surface area (Å²) >= 11 is 0. The Morgan fingerprint density at radius 2 is 1.69 bits per heavy atom. The molecule has 7 heteroatoms. The van der Waals surface area contributed by atoms with Crippen molar-refractivity contribution in [1.82, 2.24) is 24.5 Å². The lowest BCUT2D eigenvalue weighted by Gasteiger charge is -2.11. The van der Waals surface area contributed by atoms with Crippen LogP contribution in [0.15, 0.2) is 85.7 Å². The van der Waals surface area contributed by atoms with Crippen molar-refractivity contribution in [1.29, 1.82) is 0 Å². The Kier molecular flexibility index (Phi) is 4.10. The first kappa shape index (κ1) is 16.9. The Bertz CT molecular complexity index is 1290. The fourth-order valence-electron chi connectivity index (χ4n) is 3.29. The molecule has 0 fully saturated rings. The lowest BCUT2D eigenvalue weighted by molar-refractivity contribution is 0.102. The van der Waals surface area contributed by atoms with E-state index >= 15 is 0 Å². The zero-order valence-electron chi connectivity index (χ0n) is 15.3. The second kappa shape index (κ2) is 7.05. The molecule has 7 nitrogen and oxygen atoms in total. The van der Waals surface area contributed by atoms with Gasteiger partial charge in [-0.2, -0.15) is 0 Å². The van der Waals surface area contributed by atoms with E-state index in [4.69, 9.17) is 0 Å². The number of H-pyrrole nitrogens is 1. The van der Waals surface area contributed by atoms with Crippen molar-refractivity contribution in [2.24, 2.45) is 0 Å². The van der Waals surface area contributed by atoms with Gasteiger partial charge in [0.25, 0.3) is 5.91 Å².